The molecule has 1 saturated carbocycles. The van der Waals surface area contributed by atoms with Crippen molar-refractivity contribution in [1.29, 1.82) is 5.26 Å². The van der Waals surface area contributed by atoms with E-state index in [-0.39, 0.29) is 12.5 Å². The molecule has 5 heteroatoms. The van der Waals surface area contributed by atoms with Crippen LogP contribution in [-0.2, 0) is 24.3 Å². The Morgan fingerprint density at radius 2 is 2.00 bits per heavy atom. The van der Waals surface area contributed by atoms with E-state index in [9.17, 15) is 4.79 Å². The molecular weight excluding hydrogens is 372 g/mol. The highest BCUT2D eigenvalue weighted by Gasteiger charge is 2.27. The third-order valence-electron chi connectivity index (χ3n) is 6.05. The Kier molecular flexibility index (Phi) is 6.66. The number of carbonyl (C=O) groups is 1. The van der Waals surface area contributed by atoms with Gasteiger partial charge in [-0.2, -0.15) is 5.26 Å². The van der Waals surface area contributed by atoms with Crippen molar-refractivity contribution in [2.24, 2.45) is 5.92 Å². The van der Waals surface area contributed by atoms with Crippen LogP contribution in [0.1, 0.15) is 36.0 Å². The molecular formula is C25H30N4O. The standard InChI is InChI=1S/C25H30N4O/c26-13-5-14-29(18-20-6-2-1-3-7-20)25(30)16-27-24-9-4-8-22-19-28(15-12-23(22)24)17-21-10-11-21/h1-4,6-9,21,27H,5,10-12,14-19H2. The first-order valence-electron chi connectivity index (χ1n) is 11.0. The number of fused-ring (bicyclic) bond motifs is 1. The third-order valence-corrected chi connectivity index (χ3v) is 6.05. The van der Waals surface area contributed by atoms with Crippen LogP contribution in [0, 0.1) is 17.2 Å². The van der Waals surface area contributed by atoms with E-state index in [2.05, 4.69) is 34.5 Å². The molecule has 0 spiro atoms. The molecule has 2 aromatic rings. The van der Waals surface area contributed by atoms with E-state index < -0.39 is 0 Å². The van der Waals surface area contributed by atoms with Crippen molar-refractivity contribution in [2.45, 2.75) is 38.8 Å². The first-order chi connectivity index (χ1) is 14.7. The second-order valence-electron chi connectivity index (χ2n) is 8.43. The summed E-state index contributed by atoms with van der Waals surface area (Å²) in [6.07, 6.45) is 4.15. The van der Waals surface area contributed by atoms with Gasteiger partial charge in [-0.15, -0.1) is 0 Å². The molecule has 2 aliphatic rings. The summed E-state index contributed by atoms with van der Waals surface area (Å²) >= 11 is 0. The van der Waals surface area contributed by atoms with Gasteiger partial charge in [-0.25, -0.2) is 0 Å². The number of carbonyl (C=O) groups excluding carboxylic acids is 1. The van der Waals surface area contributed by atoms with Gasteiger partial charge < -0.3 is 10.2 Å². The summed E-state index contributed by atoms with van der Waals surface area (Å²) in [6.45, 7) is 4.57. The van der Waals surface area contributed by atoms with E-state index >= 15 is 0 Å². The zero-order chi connectivity index (χ0) is 20.8. The monoisotopic (exact) mass is 402 g/mol. The molecule has 1 aliphatic carbocycles. The molecule has 1 aliphatic heterocycles. The molecule has 30 heavy (non-hydrogen) atoms. The van der Waals surface area contributed by atoms with E-state index in [4.69, 9.17) is 5.26 Å². The van der Waals surface area contributed by atoms with E-state index in [0.29, 0.717) is 19.5 Å². The average Bonchev–Trinajstić information content (AvgIpc) is 3.59. The van der Waals surface area contributed by atoms with Crippen LogP contribution in [0.4, 0.5) is 5.69 Å². The molecule has 1 N–H and O–H groups in total. The SMILES string of the molecule is N#CCCN(Cc1ccccc1)C(=O)CNc1cccc2c1CCN(CC1CC1)C2. The number of nitrogens with zero attached hydrogens (tertiary/aromatic N) is 3. The van der Waals surface area contributed by atoms with Gasteiger partial charge >= 0.3 is 0 Å². The quantitative estimate of drug-likeness (QED) is 0.693. The number of hydrogen-bond donors (Lipinski definition) is 1. The molecule has 0 atom stereocenters. The van der Waals surface area contributed by atoms with Gasteiger partial charge in [0.15, 0.2) is 0 Å². The van der Waals surface area contributed by atoms with Crippen molar-refractivity contribution in [3.63, 3.8) is 0 Å². The normalized spacial score (nSPS) is 15.8. The Balaban J connectivity index is 1.38. The Bertz CT molecular complexity index is 901. The van der Waals surface area contributed by atoms with Gasteiger partial charge in [0.05, 0.1) is 19.0 Å². The van der Waals surface area contributed by atoms with Gasteiger partial charge in [0.25, 0.3) is 0 Å². The van der Waals surface area contributed by atoms with Gasteiger partial charge in [0.1, 0.15) is 0 Å². The first-order valence-corrected chi connectivity index (χ1v) is 11.0. The number of anilines is 1. The molecule has 1 heterocycles. The van der Waals surface area contributed by atoms with Crippen LogP contribution in [0.15, 0.2) is 48.5 Å². The summed E-state index contributed by atoms with van der Waals surface area (Å²) in [7, 11) is 0. The fraction of sp³-hybridized carbons (Fsp3) is 0.440. The number of hydrogen-bond acceptors (Lipinski definition) is 4. The Hall–Kier alpha value is -2.84. The topological polar surface area (TPSA) is 59.4 Å². The molecule has 0 bridgehead atoms. The highest BCUT2D eigenvalue weighted by Crippen LogP contribution is 2.32. The lowest BCUT2D eigenvalue weighted by atomic mass is 9.97. The minimum absolute atomic E-state index is 0.0258. The number of nitrogens with one attached hydrogen (secondary N) is 1. The summed E-state index contributed by atoms with van der Waals surface area (Å²) in [5.74, 6) is 0.937. The highest BCUT2D eigenvalue weighted by atomic mass is 16.2. The third kappa shape index (κ3) is 5.40. The maximum absolute atomic E-state index is 12.9. The summed E-state index contributed by atoms with van der Waals surface area (Å²) < 4.78 is 0. The lowest BCUT2D eigenvalue weighted by Gasteiger charge is -2.30. The lowest BCUT2D eigenvalue weighted by molar-refractivity contribution is -0.129. The first kappa shape index (κ1) is 20.4. The molecule has 0 aromatic heterocycles. The predicted molar refractivity (Wildman–Crippen MR) is 119 cm³/mol. The van der Waals surface area contributed by atoms with Crippen LogP contribution in [0.3, 0.4) is 0 Å². The van der Waals surface area contributed by atoms with Gasteiger partial charge in [-0.3, -0.25) is 9.69 Å². The maximum Gasteiger partial charge on any atom is 0.242 e. The minimum atomic E-state index is 0.0258. The molecule has 156 valence electrons. The fourth-order valence-electron chi connectivity index (χ4n) is 4.22. The second-order valence-corrected chi connectivity index (χ2v) is 8.43. The van der Waals surface area contributed by atoms with Crippen molar-refractivity contribution < 1.29 is 4.79 Å². The van der Waals surface area contributed by atoms with Crippen LogP contribution >= 0.6 is 0 Å². The number of nitriles is 1. The summed E-state index contributed by atoms with van der Waals surface area (Å²) in [5.41, 5.74) is 4.89. The van der Waals surface area contributed by atoms with Gasteiger partial charge in [-0.1, -0.05) is 42.5 Å². The molecule has 4 rings (SSSR count). The van der Waals surface area contributed by atoms with Crippen LogP contribution < -0.4 is 5.32 Å². The largest absolute Gasteiger partial charge is 0.376 e. The molecule has 0 unspecified atom stereocenters. The van der Waals surface area contributed by atoms with Crippen molar-refractivity contribution in [2.75, 3.05) is 31.5 Å². The second kappa shape index (κ2) is 9.77. The van der Waals surface area contributed by atoms with E-state index in [1.165, 1.54) is 30.5 Å². The van der Waals surface area contributed by atoms with Crippen molar-refractivity contribution in [3.8, 4) is 6.07 Å². The van der Waals surface area contributed by atoms with Gasteiger partial charge in [-0.05, 0) is 47.9 Å². The predicted octanol–water partition coefficient (Wildman–Crippen LogP) is 3.81. The molecule has 0 saturated heterocycles. The van der Waals surface area contributed by atoms with Crippen LogP contribution in [0.5, 0.6) is 0 Å². The molecule has 1 fully saturated rings. The molecule has 5 nitrogen and oxygen atoms in total. The Labute approximate surface area is 179 Å². The van der Waals surface area contributed by atoms with E-state index in [1.54, 1.807) is 4.90 Å². The minimum Gasteiger partial charge on any atom is -0.376 e. The van der Waals surface area contributed by atoms with E-state index in [0.717, 1.165) is 36.7 Å². The summed E-state index contributed by atoms with van der Waals surface area (Å²) in [6, 6.07) is 18.5. The number of benzene rings is 2. The number of rotatable bonds is 9. The van der Waals surface area contributed by atoms with Crippen LogP contribution in [-0.4, -0.2) is 41.9 Å². The molecule has 0 radical (unpaired) electrons. The van der Waals surface area contributed by atoms with E-state index in [1.807, 2.05) is 30.3 Å². The van der Waals surface area contributed by atoms with Gasteiger partial charge in [0.2, 0.25) is 5.91 Å². The zero-order valence-corrected chi connectivity index (χ0v) is 17.5. The van der Waals surface area contributed by atoms with Crippen LogP contribution in [0.25, 0.3) is 0 Å². The number of amides is 1. The summed E-state index contributed by atoms with van der Waals surface area (Å²) in [5, 5.41) is 12.4. The average molecular weight is 403 g/mol. The Morgan fingerprint density at radius 1 is 1.17 bits per heavy atom. The zero-order valence-electron chi connectivity index (χ0n) is 17.5. The fourth-order valence-corrected chi connectivity index (χ4v) is 4.22. The van der Waals surface area contributed by atoms with Crippen LogP contribution in [0.2, 0.25) is 0 Å². The van der Waals surface area contributed by atoms with Crippen molar-refractivity contribution in [3.05, 3.63) is 65.2 Å². The smallest absolute Gasteiger partial charge is 0.242 e. The molecule has 1 amide bonds. The summed E-state index contributed by atoms with van der Waals surface area (Å²) in [4.78, 5) is 17.3. The highest BCUT2D eigenvalue weighted by molar-refractivity contribution is 5.81. The van der Waals surface area contributed by atoms with Crippen molar-refractivity contribution in [1.82, 2.24) is 9.80 Å². The van der Waals surface area contributed by atoms with Crippen molar-refractivity contribution >= 4 is 11.6 Å². The van der Waals surface area contributed by atoms with Gasteiger partial charge in [0, 0.05) is 38.4 Å². The Morgan fingerprint density at radius 3 is 2.77 bits per heavy atom. The molecule has 2 aromatic carbocycles. The lowest BCUT2D eigenvalue weighted by Crippen LogP contribution is -2.36. The maximum atomic E-state index is 12.9.